The molecule has 0 aromatic carbocycles. The van der Waals surface area contributed by atoms with Crippen molar-refractivity contribution in [2.45, 2.75) is 58.5 Å². The number of ether oxygens (including phenoxy) is 1. The molecule has 0 aromatic rings. The van der Waals surface area contributed by atoms with Crippen LogP contribution in [0.3, 0.4) is 0 Å². The Morgan fingerprint density at radius 3 is 2.84 bits per heavy atom. The van der Waals surface area contributed by atoms with E-state index in [4.69, 9.17) is 15.7 Å². The lowest BCUT2D eigenvalue weighted by molar-refractivity contribution is 0.104. The Balaban J connectivity index is 1.96. The molecule has 5 nitrogen and oxygen atoms in total. The molecule has 0 radical (unpaired) electrons. The Hall–Kier alpha value is -0.810. The molecule has 1 atom stereocenters. The summed E-state index contributed by atoms with van der Waals surface area (Å²) in [7, 11) is 0. The molecule has 1 unspecified atom stereocenters. The summed E-state index contributed by atoms with van der Waals surface area (Å²) in [6.45, 7) is 7.01. The van der Waals surface area contributed by atoms with Gasteiger partial charge in [0.2, 0.25) is 0 Å². The van der Waals surface area contributed by atoms with Gasteiger partial charge in [-0.25, -0.2) is 0 Å². The van der Waals surface area contributed by atoms with Crippen LogP contribution in [0.2, 0.25) is 0 Å². The SMILES string of the molecule is CC(C)(CCCCNCCC1CCCO1)C(N)=NO. The summed E-state index contributed by atoms with van der Waals surface area (Å²) in [6, 6.07) is 0. The van der Waals surface area contributed by atoms with Gasteiger partial charge in [-0.05, 0) is 45.2 Å². The van der Waals surface area contributed by atoms with Crippen molar-refractivity contribution in [2.75, 3.05) is 19.7 Å². The van der Waals surface area contributed by atoms with Gasteiger partial charge in [-0.3, -0.25) is 0 Å². The summed E-state index contributed by atoms with van der Waals surface area (Å²) < 4.78 is 5.57. The molecule has 0 bridgehead atoms. The minimum Gasteiger partial charge on any atom is -0.409 e. The van der Waals surface area contributed by atoms with Crippen LogP contribution in [0.15, 0.2) is 5.16 Å². The molecule has 1 fully saturated rings. The fourth-order valence-corrected chi connectivity index (χ4v) is 2.34. The van der Waals surface area contributed by atoms with Gasteiger partial charge in [0, 0.05) is 12.0 Å². The maximum absolute atomic E-state index is 8.69. The molecule has 4 N–H and O–H groups in total. The van der Waals surface area contributed by atoms with E-state index in [-0.39, 0.29) is 5.41 Å². The Morgan fingerprint density at radius 1 is 1.42 bits per heavy atom. The first-order chi connectivity index (χ1) is 9.06. The van der Waals surface area contributed by atoms with E-state index in [9.17, 15) is 0 Å². The largest absolute Gasteiger partial charge is 0.409 e. The summed E-state index contributed by atoms with van der Waals surface area (Å²) in [6.07, 6.45) is 7.17. The summed E-state index contributed by atoms with van der Waals surface area (Å²) in [4.78, 5) is 0. The minimum absolute atomic E-state index is 0.216. The number of nitrogens with one attached hydrogen (secondary N) is 1. The molecule has 1 aliphatic rings. The van der Waals surface area contributed by atoms with E-state index >= 15 is 0 Å². The maximum atomic E-state index is 8.69. The molecule has 5 heteroatoms. The van der Waals surface area contributed by atoms with E-state index in [2.05, 4.69) is 10.5 Å². The van der Waals surface area contributed by atoms with Gasteiger partial charge in [0.1, 0.15) is 5.84 Å². The zero-order valence-electron chi connectivity index (χ0n) is 12.3. The molecule has 1 heterocycles. The molecule has 0 aromatic heterocycles. The zero-order valence-corrected chi connectivity index (χ0v) is 12.3. The van der Waals surface area contributed by atoms with Gasteiger partial charge < -0.3 is 21.0 Å². The van der Waals surface area contributed by atoms with Crippen LogP contribution in [-0.4, -0.2) is 36.8 Å². The molecule has 19 heavy (non-hydrogen) atoms. The maximum Gasteiger partial charge on any atom is 0.144 e. The van der Waals surface area contributed by atoms with E-state index in [0.717, 1.165) is 45.4 Å². The predicted molar refractivity (Wildman–Crippen MR) is 77.5 cm³/mol. The van der Waals surface area contributed by atoms with E-state index in [1.54, 1.807) is 0 Å². The summed E-state index contributed by atoms with van der Waals surface area (Å²) >= 11 is 0. The van der Waals surface area contributed by atoms with E-state index < -0.39 is 0 Å². The van der Waals surface area contributed by atoms with Gasteiger partial charge in [0.05, 0.1) is 6.10 Å². The molecular weight excluding hydrogens is 242 g/mol. The van der Waals surface area contributed by atoms with Gasteiger partial charge in [0.15, 0.2) is 0 Å². The average Bonchev–Trinajstić information content (AvgIpc) is 2.89. The van der Waals surface area contributed by atoms with Gasteiger partial charge in [-0.2, -0.15) is 0 Å². The lowest BCUT2D eigenvalue weighted by Gasteiger charge is -2.22. The van der Waals surface area contributed by atoms with Gasteiger partial charge in [-0.15, -0.1) is 0 Å². The van der Waals surface area contributed by atoms with Crippen molar-refractivity contribution in [3.05, 3.63) is 0 Å². The van der Waals surface area contributed by atoms with E-state index in [1.807, 2.05) is 13.8 Å². The number of hydrogen-bond acceptors (Lipinski definition) is 4. The van der Waals surface area contributed by atoms with Gasteiger partial charge >= 0.3 is 0 Å². The number of amidine groups is 1. The standard InChI is InChI=1S/C14H29N3O2/c1-14(2,13(15)17-18)8-3-4-9-16-10-7-12-6-5-11-19-12/h12,16,18H,3-11H2,1-2H3,(H2,15,17). The Labute approximate surface area is 116 Å². The van der Waals surface area contributed by atoms with Crippen molar-refractivity contribution >= 4 is 5.84 Å². The molecular formula is C14H29N3O2. The van der Waals surface area contributed by atoms with Crippen molar-refractivity contribution in [1.29, 1.82) is 0 Å². The first-order valence-electron chi connectivity index (χ1n) is 7.36. The van der Waals surface area contributed by atoms with Crippen LogP contribution < -0.4 is 11.1 Å². The number of unbranched alkanes of at least 4 members (excludes halogenated alkanes) is 1. The Kier molecular flexibility index (Phi) is 7.16. The second-order valence-corrected chi connectivity index (χ2v) is 6.00. The monoisotopic (exact) mass is 271 g/mol. The fourth-order valence-electron chi connectivity index (χ4n) is 2.34. The van der Waals surface area contributed by atoms with Crippen LogP contribution >= 0.6 is 0 Å². The normalized spacial score (nSPS) is 20.9. The van der Waals surface area contributed by atoms with Gasteiger partial charge in [0.25, 0.3) is 0 Å². The third-order valence-corrected chi connectivity index (χ3v) is 3.87. The highest BCUT2D eigenvalue weighted by atomic mass is 16.5. The van der Waals surface area contributed by atoms with Crippen LogP contribution in [0.25, 0.3) is 0 Å². The number of hydrogen-bond donors (Lipinski definition) is 3. The van der Waals surface area contributed by atoms with E-state index in [0.29, 0.717) is 11.9 Å². The smallest absolute Gasteiger partial charge is 0.144 e. The first kappa shape index (κ1) is 16.2. The van der Waals surface area contributed by atoms with Crippen LogP contribution in [0.1, 0.15) is 52.4 Å². The number of oxime groups is 1. The van der Waals surface area contributed by atoms with Crippen LogP contribution in [0.5, 0.6) is 0 Å². The third kappa shape index (κ3) is 6.25. The predicted octanol–water partition coefficient (Wildman–Crippen LogP) is 2.09. The molecule has 0 spiro atoms. The average molecular weight is 271 g/mol. The van der Waals surface area contributed by atoms with Crippen molar-refractivity contribution < 1.29 is 9.94 Å². The quantitative estimate of drug-likeness (QED) is 0.197. The summed E-state index contributed by atoms with van der Waals surface area (Å²) in [5.41, 5.74) is 5.44. The highest BCUT2D eigenvalue weighted by Crippen LogP contribution is 2.23. The lowest BCUT2D eigenvalue weighted by atomic mass is 9.86. The Bertz CT molecular complexity index is 274. The zero-order chi connectivity index (χ0) is 14.1. The van der Waals surface area contributed by atoms with Crippen LogP contribution in [0.4, 0.5) is 0 Å². The van der Waals surface area contributed by atoms with Crippen LogP contribution in [0, 0.1) is 5.41 Å². The molecule has 0 saturated carbocycles. The molecule has 1 rings (SSSR count). The van der Waals surface area contributed by atoms with Gasteiger partial charge in [-0.1, -0.05) is 25.4 Å². The molecule has 1 aliphatic heterocycles. The molecule has 112 valence electrons. The highest BCUT2D eigenvalue weighted by Gasteiger charge is 2.22. The second-order valence-electron chi connectivity index (χ2n) is 6.00. The van der Waals surface area contributed by atoms with Crippen molar-refractivity contribution in [3.63, 3.8) is 0 Å². The number of nitrogens with two attached hydrogens (primary N) is 1. The molecule has 0 amide bonds. The number of rotatable bonds is 9. The molecule has 1 saturated heterocycles. The summed E-state index contributed by atoms with van der Waals surface area (Å²) in [5.74, 6) is 0.318. The highest BCUT2D eigenvalue weighted by molar-refractivity contribution is 5.85. The van der Waals surface area contributed by atoms with Crippen molar-refractivity contribution in [1.82, 2.24) is 5.32 Å². The Morgan fingerprint density at radius 2 is 2.21 bits per heavy atom. The molecule has 0 aliphatic carbocycles. The minimum atomic E-state index is -0.216. The second kappa shape index (κ2) is 8.38. The number of nitrogens with zero attached hydrogens (tertiary/aromatic N) is 1. The van der Waals surface area contributed by atoms with Crippen molar-refractivity contribution in [2.24, 2.45) is 16.3 Å². The summed E-state index contributed by atoms with van der Waals surface area (Å²) in [5, 5.41) is 15.2. The van der Waals surface area contributed by atoms with Crippen molar-refractivity contribution in [3.8, 4) is 0 Å². The topological polar surface area (TPSA) is 79.9 Å². The van der Waals surface area contributed by atoms with E-state index in [1.165, 1.54) is 12.8 Å². The lowest BCUT2D eigenvalue weighted by Crippen LogP contribution is -2.32. The van der Waals surface area contributed by atoms with Crippen LogP contribution in [-0.2, 0) is 4.74 Å². The first-order valence-corrected chi connectivity index (χ1v) is 7.36. The third-order valence-electron chi connectivity index (χ3n) is 3.87. The fraction of sp³-hybridized carbons (Fsp3) is 0.929.